The molecule has 5 nitrogen and oxygen atoms in total. The summed E-state index contributed by atoms with van der Waals surface area (Å²) < 4.78 is 31.5. The molecule has 0 aliphatic carbocycles. The first kappa shape index (κ1) is 15.5. The summed E-state index contributed by atoms with van der Waals surface area (Å²) in [4.78, 5) is 0.129. The number of ether oxygens (including phenoxy) is 1. The Hall–Kier alpha value is -1.55. The number of aliphatic hydroxyl groups excluding tert-OH is 1. The Bertz CT molecular complexity index is 584. The predicted molar refractivity (Wildman–Crippen MR) is 72.4 cm³/mol. The van der Waals surface area contributed by atoms with Gasteiger partial charge in [-0.2, -0.15) is 0 Å². The third-order valence-corrected chi connectivity index (χ3v) is 3.78. The highest BCUT2D eigenvalue weighted by atomic mass is 32.2. The van der Waals surface area contributed by atoms with E-state index in [1.54, 1.807) is 6.07 Å². The Morgan fingerprint density at radius 2 is 2.16 bits per heavy atom. The van der Waals surface area contributed by atoms with E-state index in [2.05, 4.69) is 16.6 Å². The molecule has 0 saturated carbocycles. The van der Waals surface area contributed by atoms with Crippen LogP contribution in [0.1, 0.15) is 18.9 Å². The summed E-state index contributed by atoms with van der Waals surface area (Å²) in [6.45, 7) is 1.97. The fraction of sp³-hybridized carbons (Fsp3) is 0.385. The lowest BCUT2D eigenvalue weighted by molar-refractivity contribution is 0.350. The van der Waals surface area contributed by atoms with Crippen molar-refractivity contribution in [3.05, 3.63) is 23.8 Å². The average Bonchev–Trinajstić information content (AvgIpc) is 2.42. The molecule has 104 valence electrons. The van der Waals surface area contributed by atoms with Gasteiger partial charge in [-0.3, -0.25) is 0 Å². The van der Waals surface area contributed by atoms with E-state index < -0.39 is 10.0 Å². The van der Waals surface area contributed by atoms with Gasteiger partial charge in [0.2, 0.25) is 10.0 Å². The lowest BCUT2D eigenvalue weighted by Crippen LogP contribution is -2.24. The van der Waals surface area contributed by atoms with E-state index in [-0.39, 0.29) is 11.5 Å². The zero-order valence-corrected chi connectivity index (χ0v) is 11.8. The molecule has 0 fully saturated rings. The minimum atomic E-state index is -3.53. The summed E-state index contributed by atoms with van der Waals surface area (Å²) >= 11 is 0. The summed E-state index contributed by atoms with van der Waals surface area (Å²) in [6, 6.07) is 4.43. The quantitative estimate of drug-likeness (QED) is 0.781. The summed E-state index contributed by atoms with van der Waals surface area (Å²) in [7, 11) is -2.06. The van der Waals surface area contributed by atoms with Crippen LogP contribution in [0.4, 0.5) is 0 Å². The van der Waals surface area contributed by atoms with E-state index in [0.717, 1.165) is 0 Å². The molecule has 0 aliphatic rings. The number of nitrogens with one attached hydrogen (secondary N) is 1. The molecule has 0 spiro atoms. The smallest absolute Gasteiger partial charge is 0.240 e. The molecule has 1 aromatic carbocycles. The number of benzene rings is 1. The fourth-order valence-electron chi connectivity index (χ4n) is 1.41. The highest BCUT2D eigenvalue weighted by Crippen LogP contribution is 2.21. The van der Waals surface area contributed by atoms with Crippen LogP contribution < -0.4 is 9.46 Å². The maximum atomic E-state index is 12.0. The van der Waals surface area contributed by atoms with Crippen LogP contribution in [-0.2, 0) is 10.0 Å². The second kappa shape index (κ2) is 7.14. The molecule has 0 unspecified atom stereocenters. The van der Waals surface area contributed by atoms with Crippen LogP contribution in [-0.4, -0.2) is 33.8 Å². The number of rotatable bonds is 5. The summed E-state index contributed by atoms with van der Waals surface area (Å²) in [5.41, 5.74) is 0.427. The maximum absolute atomic E-state index is 12.0. The molecule has 1 aromatic rings. The largest absolute Gasteiger partial charge is 0.495 e. The van der Waals surface area contributed by atoms with Crippen LogP contribution >= 0.6 is 0 Å². The first-order valence-electron chi connectivity index (χ1n) is 5.82. The summed E-state index contributed by atoms with van der Waals surface area (Å²) in [5, 5.41) is 8.69. The van der Waals surface area contributed by atoms with Crippen LogP contribution in [0.2, 0.25) is 0 Å². The summed E-state index contributed by atoms with van der Waals surface area (Å²) in [5.74, 6) is 5.60. The van der Waals surface area contributed by atoms with Crippen molar-refractivity contribution in [1.29, 1.82) is 0 Å². The Morgan fingerprint density at radius 1 is 1.42 bits per heavy atom. The van der Waals surface area contributed by atoms with Crippen LogP contribution in [0, 0.1) is 11.8 Å². The number of aliphatic hydroxyl groups is 1. The molecule has 0 radical (unpaired) electrons. The van der Waals surface area contributed by atoms with Crippen molar-refractivity contribution in [1.82, 2.24) is 4.72 Å². The second-order valence-electron chi connectivity index (χ2n) is 3.72. The van der Waals surface area contributed by atoms with Gasteiger partial charge in [-0.15, -0.1) is 0 Å². The van der Waals surface area contributed by atoms with Gasteiger partial charge in [-0.05, 0) is 24.6 Å². The first-order chi connectivity index (χ1) is 9.05. The molecular weight excluding hydrogens is 266 g/mol. The van der Waals surface area contributed by atoms with Crippen LogP contribution in [0.5, 0.6) is 5.75 Å². The van der Waals surface area contributed by atoms with Crippen LogP contribution in [0.25, 0.3) is 0 Å². The third kappa shape index (κ3) is 4.24. The molecule has 6 heteroatoms. The Morgan fingerprint density at radius 3 is 2.74 bits per heavy atom. The zero-order valence-electron chi connectivity index (χ0n) is 10.9. The van der Waals surface area contributed by atoms with Gasteiger partial charge in [-0.1, -0.05) is 18.8 Å². The SMILES string of the molecule is CCCNS(=O)(=O)c1ccc(OC)c(C#CCO)c1. The lowest BCUT2D eigenvalue weighted by atomic mass is 10.2. The molecular formula is C13H17NO4S. The van der Waals surface area contributed by atoms with E-state index in [1.165, 1.54) is 19.2 Å². The highest BCUT2D eigenvalue weighted by molar-refractivity contribution is 7.89. The molecule has 0 heterocycles. The van der Waals surface area contributed by atoms with Crippen molar-refractivity contribution in [3.63, 3.8) is 0 Å². The predicted octanol–water partition coefficient (Wildman–Crippen LogP) is 0.727. The topological polar surface area (TPSA) is 75.6 Å². The highest BCUT2D eigenvalue weighted by Gasteiger charge is 2.15. The average molecular weight is 283 g/mol. The maximum Gasteiger partial charge on any atom is 0.240 e. The number of hydrogen-bond donors (Lipinski definition) is 2. The van der Waals surface area contributed by atoms with Crippen LogP contribution in [0.15, 0.2) is 23.1 Å². The van der Waals surface area contributed by atoms with Gasteiger partial charge >= 0.3 is 0 Å². The van der Waals surface area contributed by atoms with Crippen LogP contribution in [0.3, 0.4) is 0 Å². The van der Waals surface area contributed by atoms with Gasteiger partial charge in [-0.25, -0.2) is 13.1 Å². The lowest BCUT2D eigenvalue weighted by Gasteiger charge is -2.08. The minimum Gasteiger partial charge on any atom is -0.495 e. The first-order valence-corrected chi connectivity index (χ1v) is 7.31. The zero-order chi connectivity index (χ0) is 14.3. The Labute approximate surface area is 113 Å². The van der Waals surface area contributed by atoms with Crippen molar-refractivity contribution in [3.8, 4) is 17.6 Å². The van der Waals surface area contributed by atoms with E-state index in [0.29, 0.717) is 24.3 Å². The van der Waals surface area contributed by atoms with E-state index in [9.17, 15) is 8.42 Å². The van der Waals surface area contributed by atoms with Crippen molar-refractivity contribution < 1.29 is 18.3 Å². The second-order valence-corrected chi connectivity index (χ2v) is 5.49. The normalized spacial score (nSPS) is 10.7. The van der Waals surface area contributed by atoms with Crippen molar-refractivity contribution in [2.24, 2.45) is 0 Å². The monoisotopic (exact) mass is 283 g/mol. The molecule has 0 atom stereocenters. The molecule has 19 heavy (non-hydrogen) atoms. The van der Waals surface area contributed by atoms with E-state index >= 15 is 0 Å². The van der Waals surface area contributed by atoms with Crippen molar-refractivity contribution >= 4 is 10.0 Å². The van der Waals surface area contributed by atoms with Crippen molar-refractivity contribution in [2.45, 2.75) is 18.2 Å². The van der Waals surface area contributed by atoms with Gasteiger partial charge in [0, 0.05) is 6.54 Å². The number of methoxy groups -OCH3 is 1. The van der Waals surface area contributed by atoms with E-state index in [4.69, 9.17) is 9.84 Å². The van der Waals surface area contributed by atoms with Gasteiger partial charge in [0.05, 0.1) is 17.6 Å². The van der Waals surface area contributed by atoms with Gasteiger partial charge in [0.15, 0.2) is 0 Å². The molecule has 2 N–H and O–H groups in total. The third-order valence-electron chi connectivity index (χ3n) is 2.33. The van der Waals surface area contributed by atoms with Gasteiger partial charge in [0.25, 0.3) is 0 Å². The molecule has 0 amide bonds. The van der Waals surface area contributed by atoms with E-state index in [1.807, 2.05) is 6.92 Å². The Balaban J connectivity index is 3.17. The standard InChI is InChI=1S/C13H17NO4S/c1-3-8-14-19(16,17)12-6-7-13(18-2)11(10-12)5-4-9-15/h6-7,10,14-15H,3,8-9H2,1-2H3. The molecule has 0 saturated heterocycles. The summed E-state index contributed by atoms with van der Waals surface area (Å²) in [6.07, 6.45) is 0.715. The number of hydrogen-bond acceptors (Lipinski definition) is 4. The van der Waals surface area contributed by atoms with Gasteiger partial charge in [0.1, 0.15) is 12.4 Å². The molecule has 0 aromatic heterocycles. The van der Waals surface area contributed by atoms with Crippen molar-refractivity contribution in [2.75, 3.05) is 20.3 Å². The minimum absolute atomic E-state index is 0.129. The Kier molecular flexibility index (Phi) is 5.83. The number of sulfonamides is 1. The molecule has 0 bridgehead atoms. The fourth-order valence-corrected chi connectivity index (χ4v) is 2.57. The van der Waals surface area contributed by atoms with Gasteiger partial charge < -0.3 is 9.84 Å². The molecule has 0 aliphatic heterocycles. The molecule has 1 rings (SSSR count).